The van der Waals surface area contributed by atoms with E-state index in [-0.39, 0.29) is 42.5 Å². The van der Waals surface area contributed by atoms with Crippen molar-refractivity contribution in [3.05, 3.63) is 0 Å². The van der Waals surface area contributed by atoms with E-state index in [2.05, 4.69) is 0 Å². The summed E-state index contributed by atoms with van der Waals surface area (Å²) < 4.78 is 0. The molecule has 0 amide bonds. The van der Waals surface area contributed by atoms with Crippen molar-refractivity contribution in [2.45, 2.75) is 27.7 Å². The number of carboxylic acids is 4. The molecule has 0 fully saturated rings. The molecular weight excluding hydrogens is 314 g/mol. The fraction of sp³-hybridized carbons (Fsp3) is 0.500. The van der Waals surface area contributed by atoms with E-state index in [0.717, 1.165) is 27.7 Å². The largest absolute Gasteiger partial charge is 2.00 e. The van der Waals surface area contributed by atoms with Gasteiger partial charge in [0.05, 0.1) is 0 Å². The molecule has 0 aliphatic carbocycles. The Morgan fingerprint density at radius 1 is 0.556 bits per heavy atom. The summed E-state index contributed by atoms with van der Waals surface area (Å²) in [4.78, 5) is 35.6. The van der Waals surface area contributed by atoms with Gasteiger partial charge in [0.15, 0.2) is 0 Å². The fourth-order valence-corrected chi connectivity index (χ4v) is 0. The SMILES string of the molecule is CC(=O)[O-].CC(=O)[O-].CC(=O)[O-].CC(=O)[O-].[Mg+2].[Zn+2]. The number of hydrogen-bond donors (Lipinski definition) is 0. The van der Waals surface area contributed by atoms with E-state index in [9.17, 15) is 0 Å². The average molecular weight is 326 g/mol. The first-order valence-corrected chi connectivity index (χ1v) is 3.63. The molecule has 0 unspecified atom stereocenters. The van der Waals surface area contributed by atoms with Crippen molar-refractivity contribution in [2.75, 3.05) is 0 Å². The molecule has 0 spiro atoms. The Balaban J connectivity index is -0.0000000257. The maximum absolute atomic E-state index is 8.89. The van der Waals surface area contributed by atoms with Crippen molar-refractivity contribution in [3.63, 3.8) is 0 Å². The van der Waals surface area contributed by atoms with E-state index >= 15 is 0 Å². The molecule has 0 aromatic carbocycles. The third kappa shape index (κ3) is 5830. The summed E-state index contributed by atoms with van der Waals surface area (Å²) in [6.45, 7) is 3.89. The van der Waals surface area contributed by atoms with Gasteiger partial charge >= 0.3 is 42.5 Å². The number of carbonyl (C=O) groups is 4. The normalized spacial score (nSPS) is 5.56. The summed E-state index contributed by atoms with van der Waals surface area (Å²) in [7, 11) is 0. The van der Waals surface area contributed by atoms with Crippen LogP contribution in [0.3, 0.4) is 0 Å². The first-order chi connectivity index (χ1) is 6.93. The minimum absolute atomic E-state index is 0. The number of hydrogen-bond acceptors (Lipinski definition) is 8. The first kappa shape index (κ1) is 36.0. The Labute approximate surface area is 133 Å². The van der Waals surface area contributed by atoms with Gasteiger partial charge in [-0.15, -0.1) is 0 Å². The van der Waals surface area contributed by atoms with Gasteiger partial charge in [0.25, 0.3) is 0 Å². The summed E-state index contributed by atoms with van der Waals surface area (Å²) >= 11 is 0. The van der Waals surface area contributed by atoms with Crippen LogP contribution in [0.25, 0.3) is 0 Å². The molecule has 0 rings (SSSR count). The van der Waals surface area contributed by atoms with E-state index in [4.69, 9.17) is 39.6 Å². The fourth-order valence-electron chi connectivity index (χ4n) is 0. The van der Waals surface area contributed by atoms with Crippen LogP contribution in [0.4, 0.5) is 0 Å². The average Bonchev–Trinajstić information content (AvgIpc) is 1.76. The molecule has 18 heavy (non-hydrogen) atoms. The molecular formula is C8H12MgO8Zn. The zero-order valence-electron chi connectivity index (χ0n) is 10.7. The number of aliphatic carboxylic acids is 4. The summed E-state index contributed by atoms with van der Waals surface area (Å²) in [6.07, 6.45) is 0. The summed E-state index contributed by atoms with van der Waals surface area (Å²) in [6, 6.07) is 0. The molecule has 0 saturated carbocycles. The van der Waals surface area contributed by atoms with Gasteiger partial charge in [-0.05, 0) is 27.7 Å². The van der Waals surface area contributed by atoms with E-state index < -0.39 is 23.9 Å². The van der Waals surface area contributed by atoms with Crippen LogP contribution in [0.1, 0.15) is 27.7 Å². The molecule has 0 heterocycles. The second kappa shape index (κ2) is 29.9. The summed E-state index contributed by atoms with van der Waals surface area (Å²) in [5.41, 5.74) is 0. The van der Waals surface area contributed by atoms with Crippen molar-refractivity contribution in [2.24, 2.45) is 0 Å². The van der Waals surface area contributed by atoms with Gasteiger partial charge in [0.2, 0.25) is 0 Å². The van der Waals surface area contributed by atoms with Crippen LogP contribution >= 0.6 is 0 Å². The standard InChI is InChI=1S/4C2H4O2.Mg.Zn/c4*1-2(3)4;;/h4*1H3,(H,3,4);;/q;;;;2*+2/p-4. The van der Waals surface area contributed by atoms with Gasteiger partial charge in [-0.3, -0.25) is 0 Å². The Kier molecular flexibility index (Phi) is 59.7. The number of rotatable bonds is 0. The topological polar surface area (TPSA) is 161 Å². The maximum Gasteiger partial charge on any atom is 2.00 e. The second-order valence-electron chi connectivity index (χ2n) is 1.97. The van der Waals surface area contributed by atoms with E-state index in [1.807, 2.05) is 0 Å². The monoisotopic (exact) mass is 324 g/mol. The van der Waals surface area contributed by atoms with Crippen molar-refractivity contribution in [1.82, 2.24) is 0 Å². The predicted octanol–water partition coefficient (Wildman–Crippen LogP) is -5.36. The van der Waals surface area contributed by atoms with Crippen LogP contribution in [-0.2, 0) is 38.7 Å². The van der Waals surface area contributed by atoms with Crippen molar-refractivity contribution < 1.29 is 59.1 Å². The van der Waals surface area contributed by atoms with Gasteiger partial charge in [-0.2, -0.15) is 0 Å². The number of carboxylic acid groups (broad SMARTS) is 4. The zero-order chi connectivity index (χ0) is 14.3. The van der Waals surface area contributed by atoms with Gasteiger partial charge < -0.3 is 39.6 Å². The van der Waals surface area contributed by atoms with Crippen LogP contribution in [0, 0.1) is 0 Å². The smallest absolute Gasteiger partial charge is 0.550 e. The molecule has 0 aromatic heterocycles. The van der Waals surface area contributed by atoms with Crippen LogP contribution < -0.4 is 20.4 Å². The Morgan fingerprint density at radius 2 is 0.556 bits per heavy atom. The van der Waals surface area contributed by atoms with E-state index in [1.54, 1.807) is 0 Å². The summed E-state index contributed by atoms with van der Waals surface area (Å²) in [5.74, 6) is -4.33. The Bertz CT molecular complexity index is 167. The molecule has 0 N–H and O–H groups in total. The molecule has 0 aliphatic heterocycles. The van der Waals surface area contributed by atoms with Gasteiger partial charge in [0.1, 0.15) is 0 Å². The summed E-state index contributed by atoms with van der Waals surface area (Å²) in [5, 5.41) is 35.6. The van der Waals surface area contributed by atoms with Gasteiger partial charge in [-0.1, -0.05) is 0 Å². The first-order valence-electron chi connectivity index (χ1n) is 3.63. The zero-order valence-corrected chi connectivity index (χ0v) is 15.1. The molecule has 0 radical (unpaired) electrons. The molecule has 0 aromatic rings. The van der Waals surface area contributed by atoms with Crippen molar-refractivity contribution in [3.8, 4) is 0 Å². The Hall–Kier alpha value is -0.730. The van der Waals surface area contributed by atoms with Crippen LogP contribution in [-0.4, -0.2) is 46.9 Å². The van der Waals surface area contributed by atoms with Crippen LogP contribution in [0.2, 0.25) is 0 Å². The van der Waals surface area contributed by atoms with Gasteiger partial charge in [-0.25, -0.2) is 0 Å². The molecule has 8 nitrogen and oxygen atoms in total. The minimum Gasteiger partial charge on any atom is -0.550 e. The molecule has 0 atom stereocenters. The van der Waals surface area contributed by atoms with Crippen molar-refractivity contribution >= 4 is 46.9 Å². The molecule has 0 aliphatic rings. The molecule has 96 valence electrons. The maximum atomic E-state index is 8.89. The predicted molar refractivity (Wildman–Crippen MR) is 48.5 cm³/mol. The van der Waals surface area contributed by atoms with E-state index in [0.29, 0.717) is 0 Å². The molecule has 10 heteroatoms. The second-order valence-corrected chi connectivity index (χ2v) is 1.97. The number of carbonyl (C=O) groups excluding carboxylic acids is 4. The Morgan fingerprint density at radius 3 is 0.556 bits per heavy atom. The quantitative estimate of drug-likeness (QED) is 0.399. The van der Waals surface area contributed by atoms with Gasteiger partial charge in [0, 0.05) is 23.9 Å². The molecule has 0 bridgehead atoms. The van der Waals surface area contributed by atoms with Crippen LogP contribution in [0.15, 0.2) is 0 Å². The third-order valence-corrected chi connectivity index (χ3v) is 0. The van der Waals surface area contributed by atoms with Crippen molar-refractivity contribution in [1.29, 1.82) is 0 Å². The van der Waals surface area contributed by atoms with Crippen LogP contribution in [0.5, 0.6) is 0 Å². The minimum atomic E-state index is -1.08. The third-order valence-electron chi connectivity index (χ3n) is 0. The molecule has 0 saturated heterocycles. The van der Waals surface area contributed by atoms with E-state index in [1.165, 1.54) is 0 Å².